The topological polar surface area (TPSA) is 106 Å². The van der Waals surface area contributed by atoms with Gasteiger partial charge in [0.15, 0.2) is 14.6 Å². The highest BCUT2D eigenvalue weighted by Gasteiger charge is 2.53. The molecule has 0 amide bonds. The SMILES string of the molecule is COCCN1CCC(C(=O)O)(S(=O)(=O)c2ccc3nc(-c4ccc(OC(F)(F)F)cc4)sc3c2)CC1. The van der Waals surface area contributed by atoms with Crippen molar-refractivity contribution in [1.82, 2.24) is 9.88 Å². The minimum absolute atomic E-state index is 0.0489. The number of hydrogen-bond donors (Lipinski definition) is 1. The number of nitrogens with zero attached hydrogens (tertiary/aromatic N) is 2. The number of rotatable bonds is 8. The number of carbonyl (C=O) groups is 1. The van der Waals surface area contributed by atoms with E-state index in [1.165, 1.54) is 42.5 Å². The molecule has 36 heavy (non-hydrogen) atoms. The molecule has 0 radical (unpaired) electrons. The van der Waals surface area contributed by atoms with E-state index in [0.717, 1.165) is 11.3 Å². The minimum atomic E-state index is -4.80. The van der Waals surface area contributed by atoms with Gasteiger partial charge < -0.3 is 19.5 Å². The van der Waals surface area contributed by atoms with Crippen LogP contribution >= 0.6 is 11.3 Å². The summed E-state index contributed by atoms with van der Waals surface area (Å²) in [6.07, 6.45) is -4.90. The number of aromatic nitrogens is 1. The number of fused-ring (bicyclic) bond motifs is 1. The largest absolute Gasteiger partial charge is 0.573 e. The lowest BCUT2D eigenvalue weighted by Crippen LogP contribution is -2.54. The molecule has 3 aromatic rings. The molecule has 1 aliphatic heterocycles. The number of methoxy groups -OCH3 is 1. The third-order valence-corrected chi connectivity index (χ3v) is 9.74. The summed E-state index contributed by atoms with van der Waals surface area (Å²) in [4.78, 5) is 18.6. The van der Waals surface area contributed by atoms with E-state index in [-0.39, 0.29) is 23.5 Å². The van der Waals surface area contributed by atoms with Crippen LogP contribution in [0.3, 0.4) is 0 Å². The van der Waals surface area contributed by atoms with Crippen molar-refractivity contribution in [3.8, 4) is 16.3 Å². The van der Waals surface area contributed by atoms with E-state index in [1.54, 1.807) is 7.11 Å². The van der Waals surface area contributed by atoms with Gasteiger partial charge >= 0.3 is 12.3 Å². The van der Waals surface area contributed by atoms with Gasteiger partial charge in [0.1, 0.15) is 10.8 Å². The average Bonchev–Trinajstić information content (AvgIpc) is 3.25. The number of sulfone groups is 1. The van der Waals surface area contributed by atoms with Crippen LogP contribution in [-0.2, 0) is 19.4 Å². The third-order valence-electron chi connectivity index (χ3n) is 6.18. The minimum Gasteiger partial charge on any atom is -0.480 e. The maximum absolute atomic E-state index is 13.6. The number of aliphatic carboxylic acids is 1. The summed E-state index contributed by atoms with van der Waals surface area (Å²) in [6, 6.07) is 9.45. The van der Waals surface area contributed by atoms with Gasteiger partial charge in [-0.15, -0.1) is 24.5 Å². The highest BCUT2D eigenvalue weighted by molar-refractivity contribution is 7.93. The van der Waals surface area contributed by atoms with Crippen molar-refractivity contribution in [3.05, 3.63) is 42.5 Å². The summed E-state index contributed by atoms with van der Waals surface area (Å²) >= 11 is 1.15. The first-order valence-corrected chi connectivity index (χ1v) is 13.2. The second-order valence-corrected chi connectivity index (χ2v) is 11.6. The first-order chi connectivity index (χ1) is 16.9. The van der Waals surface area contributed by atoms with Crippen molar-refractivity contribution in [2.75, 3.05) is 33.4 Å². The molecule has 0 spiro atoms. The lowest BCUT2D eigenvalue weighted by Gasteiger charge is -2.38. The number of halogens is 3. The maximum Gasteiger partial charge on any atom is 0.573 e. The second kappa shape index (κ2) is 9.96. The van der Waals surface area contributed by atoms with Gasteiger partial charge in [0.25, 0.3) is 0 Å². The van der Waals surface area contributed by atoms with Crippen molar-refractivity contribution < 1.29 is 41.0 Å². The Morgan fingerprint density at radius 2 is 1.83 bits per heavy atom. The van der Waals surface area contributed by atoms with Gasteiger partial charge in [-0.3, -0.25) is 4.79 Å². The Balaban J connectivity index is 1.61. The average molecular weight is 545 g/mol. The van der Waals surface area contributed by atoms with Crippen molar-refractivity contribution >= 4 is 37.4 Å². The van der Waals surface area contributed by atoms with Crippen molar-refractivity contribution in [1.29, 1.82) is 0 Å². The molecule has 0 aliphatic carbocycles. The van der Waals surface area contributed by atoms with E-state index in [2.05, 4.69) is 9.72 Å². The Kier molecular flexibility index (Phi) is 7.28. The number of piperidine rings is 1. The van der Waals surface area contributed by atoms with Crippen LogP contribution < -0.4 is 4.74 Å². The summed E-state index contributed by atoms with van der Waals surface area (Å²) in [5.41, 5.74) is 1.02. The predicted molar refractivity (Wildman–Crippen MR) is 127 cm³/mol. The van der Waals surface area contributed by atoms with E-state index in [4.69, 9.17) is 4.74 Å². The first-order valence-electron chi connectivity index (χ1n) is 10.9. The van der Waals surface area contributed by atoms with Gasteiger partial charge in [-0.1, -0.05) is 0 Å². The van der Waals surface area contributed by atoms with Crippen LogP contribution in [0.1, 0.15) is 12.8 Å². The quantitative estimate of drug-likeness (QED) is 0.450. The van der Waals surface area contributed by atoms with Gasteiger partial charge in [-0.25, -0.2) is 13.4 Å². The Labute approximate surface area is 209 Å². The molecule has 0 saturated carbocycles. The molecule has 4 rings (SSSR count). The van der Waals surface area contributed by atoms with Crippen LogP contribution in [0.5, 0.6) is 5.75 Å². The summed E-state index contributed by atoms with van der Waals surface area (Å²) in [5.74, 6) is -1.74. The molecule has 2 aromatic carbocycles. The molecule has 1 N–H and O–H groups in total. The number of hydrogen-bond acceptors (Lipinski definition) is 8. The van der Waals surface area contributed by atoms with E-state index in [0.29, 0.717) is 47.0 Å². The summed E-state index contributed by atoms with van der Waals surface area (Å²) in [6.45, 7) is 1.69. The van der Waals surface area contributed by atoms with Crippen LogP contribution in [0.2, 0.25) is 0 Å². The Bertz CT molecular complexity index is 1350. The molecule has 8 nitrogen and oxygen atoms in total. The van der Waals surface area contributed by atoms with Gasteiger partial charge in [0.05, 0.1) is 21.7 Å². The molecule has 0 atom stereocenters. The van der Waals surface area contributed by atoms with Crippen LogP contribution in [0.25, 0.3) is 20.8 Å². The smallest absolute Gasteiger partial charge is 0.480 e. The molecule has 0 unspecified atom stereocenters. The fourth-order valence-electron chi connectivity index (χ4n) is 4.18. The summed E-state index contributed by atoms with van der Waals surface area (Å²) in [7, 11) is -2.67. The Hall–Kier alpha value is -2.74. The van der Waals surface area contributed by atoms with Crippen molar-refractivity contribution in [2.45, 2.75) is 28.8 Å². The van der Waals surface area contributed by atoms with E-state index >= 15 is 0 Å². The molecular formula is C23H23F3N2O6S2. The number of likely N-dealkylation sites (tertiary alicyclic amines) is 1. The number of thiazole rings is 1. The monoisotopic (exact) mass is 544 g/mol. The Morgan fingerprint density at radius 3 is 2.42 bits per heavy atom. The summed E-state index contributed by atoms with van der Waals surface area (Å²) < 4.78 is 71.9. The highest BCUT2D eigenvalue weighted by atomic mass is 32.2. The fourth-order valence-corrected chi connectivity index (χ4v) is 7.18. The summed E-state index contributed by atoms with van der Waals surface area (Å²) in [5, 5.41) is 10.5. The maximum atomic E-state index is 13.6. The normalized spacial score (nSPS) is 16.8. The van der Waals surface area contributed by atoms with Gasteiger partial charge in [0, 0.05) is 32.3 Å². The van der Waals surface area contributed by atoms with Crippen molar-refractivity contribution in [2.24, 2.45) is 0 Å². The number of benzene rings is 2. The van der Waals surface area contributed by atoms with Crippen LogP contribution in [0.4, 0.5) is 13.2 Å². The molecule has 13 heteroatoms. The van der Waals surface area contributed by atoms with E-state index < -0.39 is 26.9 Å². The number of carboxylic acid groups (broad SMARTS) is 1. The molecular weight excluding hydrogens is 521 g/mol. The molecule has 1 aliphatic rings. The molecule has 194 valence electrons. The van der Waals surface area contributed by atoms with Crippen molar-refractivity contribution in [3.63, 3.8) is 0 Å². The lowest BCUT2D eigenvalue weighted by atomic mass is 9.96. The third kappa shape index (κ3) is 5.19. The molecule has 2 heterocycles. The molecule has 1 fully saturated rings. The fraction of sp³-hybridized carbons (Fsp3) is 0.391. The van der Waals surface area contributed by atoms with E-state index in [9.17, 15) is 31.5 Å². The molecule has 1 aromatic heterocycles. The van der Waals surface area contributed by atoms with E-state index in [1.807, 2.05) is 4.90 Å². The second-order valence-electron chi connectivity index (χ2n) is 8.36. The molecule has 0 bridgehead atoms. The number of carboxylic acids is 1. The van der Waals surface area contributed by atoms with Crippen LogP contribution in [0.15, 0.2) is 47.4 Å². The Morgan fingerprint density at radius 1 is 1.17 bits per heavy atom. The first kappa shape index (κ1) is 26.3. The predicted octanol–water partition coefficient (Wildman–Crippen LogP) is 4.20. The number of ether oxygens (including phenoxy) is 2. The number of alkyl halides is 3. The van der Waals surface area contributed by atoms with Gasteiger partial charge in [-0.2, -0.15) is 0 Å². The van der Waals surface area contributed by atoms with Gasteiger partial charge in [0.2, 0.25) is 0 Å². The standard InChI is InChI=1S/C23H23F3N2O6S2/c1-33-13-12-28-10-8-22(9-11-28,21(29)30)36(31,32)17-6-7-18-19(14-17)35-20(27-18)15-2-4-16(5-3-15)34-23(24,25)26/h2-7,14H,8-13H2,1H3,(H,29,30). The zero-order chi connectivity index (χ0) is 26.1. The van der Waals surface area contributed by atoms with Crippen LogP contribution in [0, 0.1) is 0 Å². The van der Waals surface area contributed by atoms with Crippen LogP contribution in [-0.4, -0.2) is 73.8 Å². The van der Waals surface area contributed by atoms with Gasteiger partial charge in [-0.05, 0) is 55.3 Å². The molecule has 1 saturated heterocycles. The zero-order valence-corrected chi connectivity index (χ0v) is 20.8. The zero-order valence-electron chi connectivity index (χ0n) is 19.1. The lowest BCUT2D eigenvalue weighted by molar-refractivity contribution is -0.274. The highest BCUT2D eigenvalue weighted by Crippen LogP contribution is 2.39.